The molecule has 26 heavy (non-hydrogen) atoms. The average Bonchev–Trinajstić information content (AvgIpc) is 2.94. The van der Waals surface area contributed by atoms with Gasteiger partial charge >= 0.3 is 5.97 Å². The number of hydrogen-bond donors (Lipinski definition) is 1. The number of amidine groups is 1. The average molecular weight is 396 g/mol. The summed E-state index contributed by atoms with van der Waals surface area (Å²) in [4.78, 5) is 23.1. The number of methoxy groups -OCH3 is 1. The first-order chi connectivity index (χ1) is 12.2. The maximum atomic E-state index is 12.0. The molecule has 1 aromatic carbocycles. The maximum absolute atomic E-state index is 12.0. The number of thioether (sulfide) groups is 1. The quantitative estimate of drug-likeness (QED) is 0.336. The van der Waals surface area contributed by atoms with Crippen LogP contribution in [0.25, 0.3) is 0 Å². The van der Waals surface area contributed by atoms with Gasteiger partial charge in [0.1, 0.15) is 0 Å². The molecule has 1 heterocycles. The third kappa shape index (κ3) is 4.77. The highest BCUT2D eigenvalue weighted by atomic mass is 32.2. The van der Waals surface area contributed by atoms with Crippen LogP contribution in [-0.2, 0) is 24.3 Å². The number of amides is 1. The highest BCUT2D eigenvalue weighted by molar-refractivity contribution is 8.18. The van der Waals surface area contributed by atoms with E-state index in [9.17, 15) is 18.0 Å². The van der Waals surface area contributed by atoms with Gasteiger partial charge in [-0.2, -0.15) is 5.10 Å². The lowest BCUT2D eigenvalue weighted by Gasteiger charge is -2.10. The van der Waals surface area contributed by atoms with Crippen molar-refractivity contribution in [3.8, 4) is 0 Å². The first-order valence-electron chi connectivity index (χ1n) is 7.16. The van der Waals surface area contributed by atoms with Crippen LogP contribution in [0.5, 0.6) is 0 Å². The minimum absolute atomic E-state index is 0.157. The Hall–Kier alpha value is -2.50. The molecule has 0 radical (unpaired) electrons. The summed E-state index contributed by atoms with van der Waals surface area (Å²) in [5.41, 5.74) is 0.631. The van der Waals surface area contributed by atoms with Crippen LogP contribution < -0.4 is 5.32 Å². The van der Waals surface area contributed by atoms with Gasteiger partial charge in [-0.3, -0.25) is 10.1 Å². The minimum Gasteiger partial charge on any atom is -0.466 e. The van der Waals surface area contributed by atoms with Gasteiger partial charge in [-0.25, -0.2) is 17.5 Å². The Bertz CT molecular complexity index is 902. The Kier molecular flexibility index (Phi) is 6.29. The third-order valence-electron chi connectivity index (χ3n) is 3.12. The van der Waals surface area contributed by atoms with Crippen LogP contribution in [0.15, 0.2) is 50.3 Å². The molecular formula is C15H16N4O5S2. The largest absolute Gasteiger partial charge is 0.466 e. The highest BCUT2D eigenvalue weighted by Gasteiger charge is 2.25. The number of benzene rings is 1. The van der Waals surface area contributed by atoms with Gasteiger partial charge in [0.25, 0.3) is 5.91 Å². The summed E-state index contributed by atoms with van der Waals surface area (Å²) >= 11 is 0.958. The van der Waals surface area contributed by atoms with E-state index in [0.717, 1.165) is 22.1 Å². The van der Waals surface area contributed by atoms with Crippen LogP contribution in [-0.4, -0.2) is 57.2 Å². The van der Waals surface area contributed by atoms with E-state index in [-0.39, 0.29) is 15.0 Å². The molecule has 0 bridgehead atoms. The van der Waals surface area contributed by atoms with Crippen molar-refractivity contribution in [3.63, 3.8) is 0 Å². The smallest absolute Gasteiger partial charge is 0.331 e. The van der Waals surface area contributed by atoms with Crippen LogP contribution >= 0.6 is 11.8 Å². The van der Waals surface area contributed by atoms with Crippen molar-refractivity contribution in [2.45, 2.75) is 4.90 Å². The Labute approximate surface area is 154 Å². The molecule has 138 valence electrons. The third-order valence-corrected chi connectivity index (χ3v) is 5.84. The van der Waals surface area contributed by atoms with E-state index in [2.05, 4.69) is 20.3 Å². The molecule has 1 saturated heterocycles. The summed E-state index contributed by atoms with van der Waals surface area (Å²) in [7, 11) is 0.640. The zero-order valence-corrected chi connectivity index (χ0v) is 15.8. The van der Waals surface area contributed by atoms with Crippen LogP contribution in [0.4, 0.5) is 0 Å². The van der Waals surface area contributed by atoms with Crippen LogP contribution in [0.3, 0.4) is 0 Å². The molecule has 0 spiro atoms. The van der Waals surface area contributed by atoms with Gasteiger partial charge in [0.15, 0.2) is 5.17 Å². The van der Waals surface area contributed by atoms with E-state index >= 15 is 0 Å². The Balaban J connectivity index is 2.07. The van der Waals surface area contributed by atoms with Crippen molar-refractivity contribution in [1.82, 2.24) is 9.62 Å². The highest BCUT2D eigenvalue weighted by Crippen LogP contribution is 2.23. The molecule has 1 amide bonds. The van der Waals surface area contributed by atoms with Crippen molar-refractivity contribution in [2.24, 2.45) is 10.2 Å². The minimum atomic E-state index is -3.49. The summed E-state index contributed by atoms with van der Waals surface area (Å²) in [6.45, 7) is 0. The number of carbonyl (C=O) groups is 2. The molecule has 0 unspecified atom stereocenters. The van der Waals surface area contributed by atoms with Gasteiger partial charge in [-0.1, -0.05) is 12.1 Å². The number of ether oxygens (including phenoxy) is 1. The molecule has 1 N–H and O–H groups in total. The Morgan fingerprint density at radius 2 is 1.92 bits per heavy atom. The number of sulfonamides is 1. The fraction of sp³-hybridized carbons (Fsp3) is 0.200. The van der Waals surface area contributed by atoms with Gasteiger partial charge in [0, 0.05) is 20.2 Å². The zero-order valence-electron chi connectivity index (χ0n) is 14.2. The van der Waals surface area contributed by atoms with Crippen LogP contribution in [0.2, 0.25) is 0 Å². The predicted molar refractivity (Wildman–Crippen MR) is 98.2 cm³/mol. The topological polar surface area (TPSA) is 118 Å². The van der Waals surface area contributed by atoms with Crippen molar-refractivity contribution in [1.29, 1.82) is 0 Å². The Morgan fingerprint density at radius 3 is 2.50 bits per heavy atom. The summed E-state index contributed by atoms with van der Waals surface area (Å²) in [6, 6.07) is 6.10. The van der Waals surface area contributed by atoms with E-state index in [4.69, 9.17) is 0 Å². The van der Waals surface area contributed by atoms with Crippen LogP contribution in [0, 0.1) is 0 Å². The molecular weight excluding hydrogens is 380 g/mol. The van der Waals surface area contributed by atoms with Crippen molar-refractivity contribution in [3.05, 3.63) is 40.8 Å². The SMILES string of the molecule is COC(=O)/C=C1/S/C(=N\N=Cc2ccc(S(=O)(=O)N(C)C)cc2)NC1=O. The molecule has 1 aliphatic heterocycles. The molecule has 1 fully saturated rings. The summed E-state index contributed by atoms with van der Waals surface area (Å²) < 4.78 is 29.5. The monoisotopic (exact) mass is 396 g/mol. The van der Waals surface area contributed by atoms with Gasteiger partial charge < -0.3 is 4.74 Å². The zero-order chi connectivity index (χ0) is 19.3. The number of esters is 1. The normalized spacial score (nSPS) is 18.1. The molecule has 1 aromatic rings. The van der Waals surface area contributed by atoms with Crippen molar-refractivity contribution >= 4 is 45.0 Å². The van der Waals surface area contributed by atoms with E-state index in [1.165, 1.54) is 39.6 Å². The molecule has 1 aliphatic rings. The summed E-state index contributed by atoms with van der Waals surface area (Å²) in [6.07, 6.45) is 2.48. The maximum Gasteiger partial charge on any atom is 0.331 e. The lowest BCUT2D eigenvalue weighted by Crippen LogP contribution is -2.22. The lowest BCUT2D eigenvalue weighted by molar-refractivity contribution is -0.135. The first kappa shape index (κ1) is 19.8. The molecule has 0 aromatic heterocycles. The fourth-order valence-corrected chi connectivity index (χ4v) is 3.37. The standard InChI is InChI=1S/C15H16N4O5S2/c1-19(2)26(22,23)11-6-4-10(5-7-11)9-16-18-15-17-14(21)12(25-15)8-13(20)24-3/h4-9H,1-3H3,(H,17,18,21)/b12-8+,16-9?. The number of nitrogens with zero attached hydrogens (tertiary/aromatic N) is 3. The predicted octanol–water partition coefficient (Wildman–Crippen LogP) is 0.547. The lowest BCUT2D eigenvalue weighted by atomic mass is 10.2. The van der Waals surface area contributed by atoms with Crippen LogP contribution in [0.1, 0.15) is 5.56 Å². The van der Waals surface area contributed by atoms with E-state index in [1.807, 2.05) is 0 Å². The van der Waals surface area contributed by atoms with Gasteiger partial charge in [-0.05, 0) is 29.5 Å². The van der Waals surface area contributed by atoms with Gasteiger partial charge in [0.2, 0.25) is 10.0 Å². The fourth-order valence-electron chi connectivity index (χ4n) is 1.73. The van der Waals surface area contributed by atoms with E-state index in [0.29, 0.717) is 5.56 Å². The van der Waals surface area contributed by atoms with Gasteiger partial charge in [-0.15, -0.1) is 5.10 Å². The second-order valence-electron chi connectivity index (χ2n) is 5.09. The van der Waals surface area contributed by atoms with E-state index in [1.54, 1.807) is 12.1 Å². The molecule has 11 heteroatoms. The van der Waals surface area contributed by atoms with Gasteiger partial charge in [0.05, 0.1) is 23.1 Å². The summed E-state index contributed by atoms with van der Waals surface area (Å²) in [5.74, 6) is -1.10. The molecule has 0 aliphatic carbocycles. The summed E-state index contributed by atoms with van der Waals surface area (Å²) in [5, 5.41) is 10.4. The number of carbonyl (C=O) groups excluding carboxylic acids is 2. The molecule has 0 saturated carbocycles. The molecule has 2 rings (SSSR count). The van der Waals surface area contributed by atoms with Crippen molar-refractivity contribution < 1.29 is 22.7 Å². The molecule has 9 nitrogen and oxygen atoms in total. The number of hydrogen-bond acceptors (Lipinski definition) is 8. The second kappa shape index (κ2) is 8.25. The molecule has 0 atom stereocenters. The van der Waals surface area contributed by atoms with Crippen molar-refractivity contribution in [2.75, 3.05) is 21.2 Å². The first-order valence-corrected chi connectivity index (χ1v) is 9.42. The Morgan fingerprint density at radius 1 is 1.27 bits per heavy atom. The number of rotatable bonds is 5. The van der Waals surface area contributed by atoms with E-state index < -0.39 is 21.9 Å². The number of nitrogens with one attached hydrogen (secondary N) is 1. The second-order valence-corrected chi connectivity index (χ2v) is 8.28.